The van der Waals surface area contributed by atoms with Gasteiger partial charge in [-0.05, 0) is 0 Å². The highest BCUT2D eigenvalue weighted by atomic mass is 19.2. The zero-order chi connectivity index (χ0) is 9.41. The Balaban J connectivity index is 2.90. The quantitative estimate of drug-likeness (QED) is 0.522. The van der Waals surface area contributed by atoms with Crippen LogP contribution in [0.25, 0.3) is 0 Å². The first-order valence-electron chi connectivity index (χ1n) is 3.31. The van der Waals surface area contributed by atoms with Crippen LogP contribution in [-0.4, -0.2) is 11.7 Å². The summed E-state index contributed by atoms with van der Waals surface area (Å²) < 4.78 is 35.2. The van der Waals surface area contributed by atoms with Crippen molar-refractivity contribution in [3.8, 4) is 12.3 Å². The third-order valence-corrected chi connectivity index (χ3v) is 1.58. The molecule has 2 atom stereocenters. The van der Waals surface area contributed by atoms with Crippen molar-refractivity contribution in [1.82, 2.24) is 0 Å². The van der Waals surface area contributed by atoms with Crippen LogP contribution >= 0.6 is 0 Å². The number of hydrogen-bond acceptors (Lipinski definition) is 2. The van der Waals surface area contributed by atoms with Gasteiger partial charge in [-0.3, -0.25) is 0 Å². The average molecular weight is 174 g/mol. The molecule has 0 aliphatic carbocycles. The molecule has 0 aromatic rings. The first kappa shape index (κ1) is 8.85. The number of halogens is 2. The summed E-state index contributed by atoms with van der Waals surface area (Å²) in [4.78, 5) is 0. The lowest BCUT2D eigenvalue weighted by molar-refractivity contribution is -0.191. The monoisotopic (exact) mass is 174 g/mol. The van der Waals surface area contributed by atoms with E-state index in [1.54, 1.807) is 0 Å². The van der Waals surface area contributed by atoms with Crippen molar-refractivity contribution in [2.45, 2.75) is 25.6 Å². The fourth-order valence-electron chi connectivity index (χ4n) is 0.708. The minimum atomic E-state index is -2.49. The Morgan fingerprint density at radius 3 is 2.08 bits per heavy atom. The third kappa shape index (κ3) is 1.22. The van der Waals surface area contributed by atoms with E-state index in [4.69, 9.17) is 6.42 Å². The van der Waals surface area contributed by atoms with Crippen LogP contribution in [-0.2, 0) is 9.47 Å². The SMILES string of the molecule is C#CC=C1OC(C)(F)C(C)(F)O1. The Hall–Kier alpha value is -1.24. The van der Waals surface area contributed by atoms with E-state index < -0.39 is 11.7 Å². The van der Waals surface area contributed by atoms with Gasteiger partial charge in [0.25, 0.3) is 5.95 Å². The Morgan fingerprint density at radius 1 is 1.33 bits per heavy atom. The highest BCUT2D eigenvalue weighted by Crippen LogP contribution is 2.42. The van der Waals surface area contributed by atoms with Crippen LogP contribution in [0.1, 0.15) is 13.8 Å². The molecule has 0 saturated carbocycles. The van der Waals surface area contributed by atoms with Gasteiger partial charge in [0.2, 0.25) is 0 Å². The molecule has 2 nitrogen and oxygen atoms in total. The van der Waals surface area contributed by atoms with Crippen molar-refractivity contribution in [2.24, 2.45) is 0 Å². The molecule has 12 heavy (non-hydrogen) atoms. The van der Waals surface area contributed by atoms with Gasteiger partial charge < -0.3 is 9.47 Å². The van der Waals surface area contributed by atoms with E-state index in [9.17, 15) is 8.78 Å². The molecule has 0 aromatic carbocycles. The van der Waals surface area contributed by atoms with Gasteiger partial charge in [0.1, 0.15) is 0 Å². The van der Waals surface area contributed by atoms with Gasteiger partial charge in [-0.15, -0.1) is 6.42 Å². The van der Waals surface area contributed by atoms with E-state index in [2.05, 4.69) is 9.47 Å². The minimum Gasteiger partial charge on any atom is -0.421 e. The number of allylic oxidation sites excluding steroid dienone is 1. The molecule has 0 spiro atoms. The van der Waals surface area contributed by atoms with Crippen LogP contribution in [0.15, 0.2) is 12.0 Å². The largest absolute Gasteiger partial charge is 0.421 e. The predicted octanol–water partition coefficient (Wildman–Crippen LogP) is 1.88. The van der Waals surface area contributed by atoms with E-state index in [-0.39, 0.29) is 5.95 Å². The molecule has 2 unspecified atom stereocenters. The van der Waals surface area contributed by atoms with Crippen LogP contribution in [0.2, 0.25) is 0 Å². The lowest BCUT2D eigenvalue weighted by atomic mass is 10.2. The summed E-state index contributed by atoms with van der Waals surface area (Å²) in [6.45, 7) is 1.87. The van der Waals surface area contributed by atoms with Gasteiger partial charge >= 0.3 is 11.7 Å². The second-order valence-electron chi connectivity index (χ2n) is 2.67. The van der Waals surface area contributed by atoms with E-state index in [0.29, 0.717) is 0 Å². The predicted molar refractivity (Wildman–Crippen MR) is 38.1 cm³/mol. The number of terminal acetylenes is 1. The molecular formula is C8H8F2O2. The summed E-state index contributed by atoms with van der Waals surface area (Å²) in [5.41, 5.74) is 0. The van der Waals surface area contributed by atoms with E-state index in [1.165, 1.54) is 0 Å². The van der Waals surface area contributed by atoms with E-state index in [1.807, 2.05) is 5.92 Å². The third-order valence-electron chi connectivity index (χ3n) is 1.58. The molecule has 4 heteroatoms. The maximum Gasteiger partial charge on any atom is 0.317 e. The zero-order valence-corrected chi connectivity index (χ0v) is 6.73. The van der Waals surface area contributed by atoms with Crippen LogP contribution < -0.4 is 0 Å². The van der Waals surface area contributed by atoms with Gasteiger partial charge in [0.05, 0.1) is 6.08 Å². The molecule has 1 heterocycles. The minimum absolute atomic E-state index is 0.312. The molecular weight excluding hydrogens is 166 g/mol. The van der Waals surface area contributed by atoms with Crippen molar-refractivity contribution in [1.29, 1.82) is 0 Å². The van der Waals surface area contributed by atoms with Gasteiger partial charge in [0.15, 0.2) is 0 Å². The van der Waals surface area contributed by atoms with Crippen molar-refractivity contribution in [3.63, 3.8) is 0 Å². The number of alkyl halides is 2. The summed E-state index contributed by atoms with van der Waals surface area (Å²) in [5.74, 6) is -3.25. The molecule has 0 aromatic heterocycles. The van der Waals surface area contributed by atoms with Gasteiger partial charge in [0, 0.05) is 13.8 Å². The van der Waals surface area contributed by atoms with Crippen LogP contribution in [0, 0.1) is 12.3 Å². The van der Waals surface area contributed by atoms with E-state index in [0.717, 1.165) is 19.9 Å². The van der Waals surface area contributed by atoms with E-state index >= 15 is 0 Å². The van der Waals surface area contributed by atoms with Crippen LogP contribution in [0.4, 0.5) is 8.78 Å². The maximum atomic E-state index is 13.1. The lowest BCUT2D eigenvalue weighted by Gasteiger charge is -2.20. The molecule has 1 aliphatic rings. The van der Waals surface area contributed by atoms with Crippen molar-refractivity contribution < 1.29 is 18.3 Å². The normalized spacial score (nSPS) is 39.8. The van der Waals surface area contributed by atoms with Gasteiger partial charge in [-0.1, -0.05) is 5.92 Å². The van der Waals surface area contributed by atoms with Crippen molar-refractivity contribution in [2.75, 3.05) is 0 Å². The van der Waals surface area contributed by atoms with Gasteiger partial charge in [-0.25, -0.2) is 0 Å². The zero-order valence-electron chi connectivity index (χ0n) is 6.73. The van der Waals surface area contributed by atoms with Crippen molar-refractivity contribution in [3.05, 3.63) is 12.0 Å². The Bertz CT molecular complexity index is 243. The molecule has 1 rings (SSSR count). The molecule has 66 valence electrons. The molecule has 0 radical (unpaired) electrons. The molecule has 1 fully saturated rings. The second-order valence-corrected chi connectivity index (χ2v) is 2.67. The second kappa shape index (κ2) is 2.37. The number of ether oxygens (including phenoxy) is 2. The number of rotatable bonds is 0. The Kier molecular flexibility index (Phi) is 1.75. The standard InChI is InChI=1S/C8H8F2O2/c1-4-5-6-11-7(2,9)8(3,10)12-6/h1,5H,2-3H3. The molecule has 0 amide bonds. The van der Waals surface area contributed by atoms with Gasteiger partial charge in [-0.2, -0.15) is 8.78 Å². The Morgan fingerprint density at radius 2 is 1.75 bits per heavy atom. The summed E-state index contributed by atoms with van der Waals surface area (Å²) in [5, 5.41) is 0. The summed E-state index contributed by atoms with van der Waals surface area (Å²) >= 11 is 0. The Labute approximate surface area is 69.2 Å². The summed E-state index contributed by atoms with van der Waals surface area (Å²) in [6, 6.07) is 0. The number of hydrogen-bond donors (Lipinski definition) is 0. The van der Waals surface area contributed by atoms with Crippen LogP contribution in [0.5, 0.6) is 0 Å². The lowest BCUT2D eigenvalue weighted by Crippen LogP contribution is -2.39. The maximum absolute atomic E-state index is 13.1. The van der Waals surface area contributed by atoms with Crippen LogP contribution in [0.3, 0.4) is 0 Å². The topological polar surface area (TPSA) is 18.5 Å². The first-order valence-corrected chi connectivity index (χ1v) is 3.31. The molecule has 1 aliphatic heterocycles. The smallest absolute Gasteiger partial charge is 0.317 e. The molecule has 1 saturated heterocycles. The molecule has 0 bridgehead atoms. The van der Waals surface area contributed by atoms with Crippen molar-refractivity contribution >= 4 is 0 Å². The highest BCUT2D eigenvalue weighted by molar-refractivity contribution is 5.13. The summed E-state index contributed by atoms with van der Waals surface area (Å²) in [7, 11) is 0. The first-order chi connectivity index (χ1) is 5.39. The fourth-order valence-corrected chi connectivity index (χ4v) is 0.708. The highest BCUT2D eigenvalue weighted by Gasteiger charge is 2.57. The summed E-state index contributed by atoms with van der Waals surface area (Å²) in [6.07, 6.45) is 5.87. The fraction of sp³-hybridized carbons (Fsp3) is 0.500. The molecule has 0 N–H and O–H groups in total. The average Bonchev–Trinajstić information content (AvgIpc) is 2.02.